The molecule has 0 saturated heterocycles. The summed E-state index contributed by atoms with van der Waals surface area (Å²) in [6.07, 6.45) is 1.44. The standard InChI is InChI=1S/C20H28N2O3.ClH/c1-14(2)11-24-17-7-5-16(6-8-17)20(3,4)13-22-19(23)15-9-18(10-21)25-12-15;/h5-9,12,14H,10-11,13,21H2,1-4H3,(H,22,23);1H. The Labute approximate surface area is 161 Å². The van der Waals surface area contributed by atoms with E-state index < -0.39 is 0 Å². The Morgan fingerprint density at radius 1 is 1.27 bits per heavy atom. The number of furan rings is 1. The molecule has 0 bridgehead atoms. The van der Waals surface area contributed by atoms with Gasteiger partial charge in [0.15, 0.2) is 0 Å². The summed E-state index contributed by atoms with van der Waals surface area (Å²) in [6, 6.07) is 9.72. The van der Waals surface area contributed by atoms with Gasteiger partial charge in [0, 0.05) is 12.0 Å². The molecule has 0 spiro atoms. The molecule has 0 aliphatic rings. The number of nitrogens with two attached hydrogens (primary N) is 1. The Bertz CT molecular complexity index is 693. The summed E-state index contributed by atoms with van der Waals surface area (Å²) in [4.78, 5) is 12.2. The molecular formula is C20H29ClN2O3. The van der Waals surface area contributed by atoms with Crippen LogP contribution in [0.1, 0.15) is 49.4 Å². The fourth-order valence-corrected chi connectivity index (χ4v) is 2.38. The van der Waals surface area contributed by atoms with Crippen LogP contribution in [0.25, 0.3) is 0 Å². The minimum absolute atomic E-state index is 0. The first kappa shape index (κ1) is 22.1. The van der Waals surface area contributed by atoms with Gasteiger partial charge in [0.05, 0.1) is 18.7 Å². The lowest BCUT2D eigenvalue weighted by Crippen LogP contribution is -2.36. The van der Waals surface area contributed by atoms with E-state index in [0.29, 0.717) is 30.4 Å². The van der Waals surface area contributed by atoms with Crippen LogP contribution in [0.15, 0.2) is 41.0 Å². The number of amides is 1. The second-order valence-electron chi connectivity index (χ2n) is 7.30. The average molecular weight is 381 g/mol. The largest absolute Gasteiger partial charge is 0.493 e. The van der Waals surface area contributed by atoms with Gasteiger partial charge in [0.25, 0.3) is 5.91 Å². The van der Waals surface area contributed by atoms with Gasteiger partial charge in [-0.25, -0.2) is 0 Å². The van der Waals surface area contributed by atoms with Crippen molar-refractivity contribution in [3.63, 3.8) is 0 Å². The molecule has 0 unspecified atom stereocenters. The van der Waals surface area contributed by atoms with Crippen LogP contribution in [0, 0.1) is 5.92 Å². The maximum atomic E-state index is 12.2. The molecule has 0 fully saturated rings. The van der Waals surface area contributed by atoms with Gasteiger partial charge < -0.3 is 20.2 Å². The summed E-state index contributed by atoms with van der Waals surface area (Å²) >= 11 is 0. The molecule has 5 nitrogen and oxygen atoms in total. The van der Waals surface area contributed by atoms with E-state index in [2.05, 4.69) is 33.0 Å². The maximum Gasteiger partial charge on any atom is 0.254 e. The molecule has 1 heterocycles. The number of halogens is 1. The number of carbonyl (C=O) groups is 1. The van der Waals surface area contributed by atoms with Crippen molar-refractivity contribution < 1.29 is 13.9 Å². The van der Waals surface area contributed by atoms with Gasteiger partial charge in [-0.2, -0.15) is 0 Å². The van der Waals surface area contributed by atoms with Crippen molar-refractivity contribution in [1.82, 2.24) is 5.32 Å². The molecule has 0 saturated carbocycles. The van der Waals surface area contributed by atoms with Crippen molar-refractivity contribution >= 4 is 18.3 Å². The van der Waals surface area contributed by atoms with Gasteiger partial charge in [-0.15, -0.1) is 12.4 Å². The van der Waals surface area contributed by atoms with Crippen molar-refractivity contribution in [2.45, 2.75) is 39.7 Å². The van der Waals surface area contributed by atoms with Gasteiger partial charge in [-0.05, 0) is 29.7 Å². The van der Waals surface area contributed by atoms with E-state index >= 15 is 0 Å². The highest BCUT2D eigenvalue weighted by atomic mass is 35.5. The van der Waals surface area contributed by atoms with Crippen LogP contribution in [0.5, 0.6) is 5.75 Å². The Morgan fingerprint density at radius 3 is 2.46 bits per heavy atom. The highest BCUT2D eigenvalue weighted by molar-refractivity contribution is 5.94. The molecule has 1 aromatic heterocycles. The lowest BCUT2D eigenvalue weighted by Gasteiger charge is -2.26. The maximum absolute atomic E-state index is 12.2. The fourth-order valence-electron chi connectivity index (χ4n) is 2.38. The summed E-state index contributed by atoms with van der Waals surface area (Å²) in [5.41, 5.74) is 6.93. The monoisotopic (exact) mass is 380 g/mol. The first-order valence-electron chi connectivity index (χ1n) is 8.61. The summed E-state index contributed by atoms with van der Waals surface area (Å²) in [6.45, 7) is 9.93. The molecule has 0 radical (unpaired) electrons. The van der Waals surface area contributed by atoms with E-state index in [9.17, 15) is 4.79 Å². The SMILES string of the molecule is CC(C)COc1ccc(C(C)(C)CNC(=O)c2coc(CN)c2)cc1.Cl. The zero-order valence-electron chi connectivity index (χ0n) is 15.9. The summed E-state index contributed by atoms with van der Waals surface area (Å²) < 4.78 is 10.9. The summed E-state index contributed by atoms with van der Waals surface area (Å²) in [5, 5.41) is 2.96. The molecule has 1 amide bonds. The second-order valence-corrected chi connectivity index (χ2v) is 7.30. The molecule has 0 aliphatic heterocycles. The Kier molecular flexibility index (Phi) is 8.18. The number of rotatable bonds is 8. The van der Waals surface area contributed by atoms with Crippen LogP contribution in [0.2, 0.25) is 0 Å². The second kappa shape index (κ2) is 9.64. The first-order chi connectivity index (χ1) is 11.8. The molecule has 0 aliphatic carbocycles. The fraction of sp³-hybridized carbons (Fsp3) is 0.450. The minimum atomic E-state index is -0.202. The van der Waals surface area contributed by atoms with Gasteiger partial charge in [0.1, 0.15) is 17.8 Å². The number of carbonyl (C=O) groups excluding carboxylic acids is 1. The van der Waals surface area contributed by atoms with Crippen molar-refractivity contribution in [3.05, 3.63) is 53.5 Å². The summed E-state index contributed by atoms with van der Waals surface area (Å²) in [5.74, 6) is 1.80. The number of ether oxygens (including phenoxy) is 1. The Hall–Kier alpha value is -1.98. The molecule has 0 atom stereocenters. The molecular weight excluding hydrogens is 352 g/mol. The van der Waals surface area contributed by atoms with Crippen molar-refractivity contribution in [2.75, 3.05) is 13.2 Å². The van der Waals surface area contributed by atoms with Crippen LogP contribution in [0.3, 0.4) is 0 Å². The van der Waals surface area contributed by atoms with E-state index in [1.807, 2.05) is 24.3 Å². The van der Waals surface area contributed by atoms with Crippen LogP contribution in [0.4, 0.5) is 0 Å². The van der Waals surface area contributed by atoms with Crippen LogP contribution in [-0.2, 0) is 12.0 Å². The lowest BCUT2D eigenvalue weighted by molar-refractivity contribution is 0.0945. The van der Waals surface area contributed by atoms with Gasteiger partial charge in [0.2, 0.25) is 0 Å². The molecule has 3 N–H and O–H groups in total. The molecule has 2 rings (SSSR count). The minimum Gasteiger partial charge on any atom is -0.493 e. The molecule has 6 heteroatoms. The van der Waals surface area contributed by atoms with Crippen LogP contribution >= 0.6 is 12.4 Å². The number of hydrogen-bond acceptors (Lipinski definition) is 4. The normalized spacial score (nSPS) is 11.2. The number of benzene rings is 1. The average Bonchev–Trinajstić information content (AvgIpc) is 3.07. The van der Waals surface area contributed by atoms with E-state index in [1.54, 1.807) is 6.07 Å². The molecule has 26 heavy (non-hydrogen) atoms. The topological polar surface area (TPSA) is 77.5 Å². The van der Waals surface area contributed by atoms with E-state index in [0.717, 1.165) is 11.3 Å². The van der Waals surface area contributed by atoms with Gasteiger partial charge in [-0.1, -0.05) is 39.8 Å². The third kappa shape index (κ3) is 6.07. The number of nitrogens with one attached hydrogen (secondary N) is 1. The molecule has 1 aromatic carbocycles. The third-order valence-electron chi connectivity index (χ3n) is 4.03. The zero-order valence-corrected chi connectivity index (χ0v) is 16.7. The van der Waals surface area contributed by atoms with E-state index in [1.165, 1.54) is 6.26 Å². The molecule has 2 aromatic rings. The highest BCUT2D eigenvalue weighted by Gasteiger charge is 2.22. The number of hydrogen-bond donors (Lipinski definition) is 2. The van der Waals surface area contributed by atoms with E-state index in [-0.39, 0.29) is 30.3 Å². The van der Waals surface area contributed by atoms with Gasteiger partial charge >= 0.3 is 0 Å². The van der Waals surface area contributed by atoms with Crippen LogP contribution < -0.4 is 15.8 Å². The quantitative estimate of drug-likeness (QED) is 0.728. The Morgan fingerprint density at radius 2 is 1.92 bits per heavy atom. The third-order valence-corrected chi connectivity index (χ3v) is 4.03. The zero-order chi connectivity index (χ0) is 18.4. The lowest BCUT2D eigenvalue weighted by atomic mass is 9.84. The summed E-state index contributed by atoms with van der Waals surface area (Å²) in [7, 11) is 0. The highest BCUT2D eigenvalue weighted by Crippen LogP contribution is 2.25. The smallest absolute Gasteiger partial charge is 0.254 e. The predicted octanol–water partition coefficient (Wildman–Crippen LogP) is 3.90. The van der Waals surface area contributed by atoms with Gasteiger partial charge in [-0.3, -0.25) is 4.79 Å². The van der Waals surface area contributed by atoms with Crippen molar-refractivity contribution in [1.29, 1.82) is 0 Å². The molecule has 144 valence electrons. The van der Waals surface area contributed by atoms with E-state index in [4.69, 9.17) is 14.9 Å². The first-order valence-corrected chi connectivity index (χ1v) is 8.61. The van der Waals surface area contributed by atoms with Crippen LogP contribution in [-0.4, -0.2) is 19.1 Å². The predicted molar refractivity (Wildman–Crippen MR) is 106 cm³/mol. The van der Waals surface area contributed by atoms with Crippen molar-refractivity contribution in [3.8, 4) is 5.75 Å². The van der Waals surface area contributed by atoms with Crippen molar-refractivity contribution in [2.24, 2.45) is 11.7 Å². The Balaban J connectivity index is 0.00000338.